The average Bonchev–Trinajstić information content (AvgIpc) is 3.50. The quantitative estimate of drug-likeness (QED) is 0.180. The lowest BCUT2D eigenvalue weighted by atomic mass is 9.90. The third-order valence-corrected chi connectivity index (χ3v) is 10.2. The van der Waals surface area contributed by atoms with E-state index in [1.54, 1.807) is 0 Å². The van der Waals surface area contributed by atoms with Crippen molar-refractivity contribution in [3.05, 3.63) is 175 Å². The molecule has 232 valence electrons. The van der Waals surface area contributed by atoms with E-state index < -0.39 is 0 Å². The van der Waals surface area contributed by atoms with Crippen molar-refractivity contribution in [2.75, 3.05) is 4.90 Å². The molecule has 3 aliphatic rings. The first-order valence-electron chi connectivity index (χ1n) is 17.4. The van der Waals surface area contributed by atoms with E-state index in [9.17, 15) is 0 Å². The zero-order valence-electron chi connectivity index (χ0n) is 27.1. The number of fused-ring (bicyclic) bond motifs is 4. The molecule has 0 aliphatic heterocycles. The number of nitrogens with zero attached hydrogens (tertiary/aromatic N) is 2. The molecule has 0 saturated carbocycles. The number of allylic oxidation sites excluding steroid dienone is 12. The fraction of sp³-hybridized carbons (Fsp3) is 0.130. The Labute approximate surface area is 282 Å². The minimum atomic E-state index is 1.02. The van der Waals surface area contributed by atoms with E-state index in [-0.39, 0.29) is 0 Å². The maximum absolute atomic E-state index is 2.52. The van der Waals surface area contributed by atoms with Gasteiger partial charge in [0.1, 0.15) is 0 Å². The van der Waals surface area contributed by atoms with Gasteiger partial charge in [0.25, 0.3) is 0 Å². The lowest BCUT2D eigenvalue weighted by Gasteiger charge is -2.27. The number of anilines is 3. The number of hydrogen-bond acceptors (Lipinski definition) is 1. The second-order valence-corrected chi connectivity index (χ2v) is 13.1. The third-order valence-electron chi connectivity index (χ3n) is 10.2. The molecule has 0 spiro atoms. The Morgan fingerprint density at radius 1 is 0.542 bits per heavy atom. The largest absolute Gasteiger partial charge is 0.313 e. The minimum absolute atomic E-state index is 1.02. The summed E-state index contributed by atoms with van der Waals surface area (Å²) in [7, 11) is 0. The Bertz CT molecular complexity index is 2380. The van der Waals surface area contributed by atoms with Crippen molar-refractivity contribution in [2.45, 2.75) is 38.5 Å². The summed E-state index contributed by atoms with van der Waals surface area (Å²) in [5, 5.41) is 5.06. The highest BCUT2D eigenvalue weighted by Gasteiger charge is 2.21. The summed E-state index contributed by atoms with van der Waals surface area (Å²) >= 11 is 0. The van der Waals surface area contributed by atoms with Gasteiger partial charge in [-0.15, -0.1) is 0 Å². The highest BCUT2D eigenvalue weighted by Crippen LogP contribution is 2.43. The third kappa shape index (κ3) is 5.05. The second kappa shape index (κ2) is 12.2. The molecule has 0 bridgehead atoms. The van der Waals surface area contributed by atoms with Gasteiger partial charge in [-0.2, -0.15) is 0 Å². The summed E-state index contributed by atoms with van der Waals surface area (Å²) < 4.78 is 2.52. The van der Waals surface area contributed by atoms with Crippen LogP contribution in [0.5, 0.6) is 0 Å². The molecular weight excluding hydrogens is 581 g/mol. The van der Waals surface area contributed by atoms with Crippen LogP contribution in [0, 0.1) is 0 Å². The summed E-state index contributed by atoms with van der Waals surface area (Å²) in [6, 6.07) is 40.4. The fourth-order valence-electron chi connectivity index (χ4n) is 7.82. The molecule has 0 fully saturated rings. The van der Waals surface area contributed by atoms with Crippen molar-refractivity contribution in [3.63, 3.8) is 0 Å². The van der Waals surface area contributed by atoms with E-state index in [4.69, 9.17) is 0 Å². The molecule has 6 aromatic rings. The molecule has 1 heterocycles. The van der Waals surface area contributed by atoms with Crippen LogP contribution in [0.25, 0.3) is 43.8 Å². The van der Waals surface area contributed by atoms with Crippen LogP contribution in [0.15, 0.2) is 169 Å². The summed E-state index contributed by atoms with van der Waals surface area (Å²) in [5.74, 6) is 0. The Balaban J connectivity index is 1.22. The molecule has 2 heteroatoms. The van der Waals surface area contributed by atoms with Gasteiger partial charge in [-0.3, -0.25) is 0 Å². The number of para-hydroxylation sites is 1. The zero-order valence-corrected chi connectivity index (χ0v) is 27.1. The molecule has 1 aromatic heterocycles. The van der Waals surface area contributed by atoms with Gasteiger partial charge in [-0.05, 0) is 109 Å². The van der Waals surface area contributed by atoms with Crippen LogP contribution < -0.4 is 4.90 Å². The predicted molar refractivity (Wildman–Crippen MR) is 206 cm³/mol. The summed E-state index contributed by atoms with van der Waals surface area (Å²) in [4.78, 5) is 2.44. The SMILES string of the molecule is C1=CCCC(C2=CC=C(n3c4ccccc4c4ccc(N(c5ccc(C6=CCCC=C6)cc5)c5cccc6ccccc56)cc43)CC2)=C1. The van der Waals surface area contributed by atoms with Gasteiger partial charge in [0.2, 0.25) is 0 Å². The smallest absolute Gasteiger partial charge is 0.0558 e. The number of benzene rings is 5. The molecule has 0 unspecified atom stereocenters. The van der Waals surface area contributed by atoms with Gasteiger partial charge in [0, 0.05) is 33.2 Å². The van der Waals surface area contributed by atoms with Crippen LogP contribution in [-0.4, -0.2) is 4.57 Å². The van der Waals surface area contributed by atoms with Crippen LogP contribution in [-0.2, 0) is 0 Å². The average molecular weight is 619 g/mol. The molecule has 0 atom stereocenters. The standard InChI is InChI=1S/C46H38N2/c1-3-12-33(13-4-1)35-22-26-38(27-23-35)47(44-21-11-17-37-16-7-8-18-41(37)44)40-30-31-43-42-19-9-10-20-45(42)48(46(43)32-40)39-28-24-36(25-29-39)34-14-5-2-6-15-34/h2-3,5,7-14,16-24,26-28,30-32H,1,4,6,15,25,29H2. The number of rotatable bonds is 6. The molecule has 0 N–H and O–H groups in total. The van der Waals surface area contributed by atoms with Gasteiger partial charge in [-0.25, -0.2) is 0 Å². The van der Waals surface area contributed by atoms with E-state index in [0.29, 0.717) is 0 Å². The van der Waals surface area contributed by atoms with E-state index in [2.05, 4.69) is 167 Å². The first-order valence-corrected chi connectivity index (χ1v) is 17.4. The monoisotopic (exact) mass is 618 g/mol. The van der Waals surface area contributed by atoms with E-state index >= 15 is 0 Å². The van der Waals surface area contributed by atoms with Crippen LogP contribution in [0.2, 0.25) is 0 Å². The lowest BCUT2D eigenvalue weighted by Crippen LogP contribution is -2.11. The van der Waals surface area contributed by atoms with Gasteiger partial charge < -0.3 is 9.47 Å². The Morgan fingerprint density at radius 3 is 2.15 bits per heavy atom. The maximum Gasteiger partial charge on any atom is 0.0558 e. The van der Waals surface area contributed by atoms with Gasteiger partial charge in [0.05, 0.1) is 16.7 Å². The summed E-state index contributed by atoms with van der Waals surface area (Å²) in [6.45, 7) is 0. The Hall–Kier alpha value is -5.60. The highest BCUT2D eigenvalue weighted by atomic mass is 15.1. The molecule has 9 rings (SSSR count). The topological polar surface area (TPSA) is 8.17 Å². The summed E-state index contributed by atoms with van der Waals surface area (Å²) in [5.41, 5.74) is 12.9. The Kier molecular flexibility index (Phi) is 7.28. The van der Waals surface area contributed by atoms with E-state index in [1.165, 1.54) is 66.2 Å². The Morgan fingerprint density at radius 2 is 1.33 bits per heavy atom. The predicted octanol–water partition coefficient (Wildman–Crippen LogP) is 13.0. The van der Waals surface area contributed by atoms with E-state index in [0.717, 1.165) is 49.9 Å². The molecule has 0 radical (unpaired) electrons. The maximum atomic E-state index is 2.52. The van der Waals surface area contributed by atoms with Crippen molar-refractivity contribution in [3.8, 4) is 0 Å². The zero-order chi connectivity index (χ0) is 31.9. The first-order chi connectivity index (χ1) is 23.8. The summed E-state index contributed by atoms with van der Waals surface area (Å²) in [6.07, 6.45) is 25.0. The second-order valence-electron chi connectivity index (χ2n) is 13.1. The van der Waals surface area contributed by atoms with Crippen molar-refractivity contribution >= 4 is 60.9 Å². The van der Waals surface area contributed by atoms with Crippen molar-refractivity contribution in [1.29, 1.82) is 0 Å². The lowest BCUT2D eigenvalue weighted by molar-refractivity contribution is 0.885. The molecule has 0 saturated heterocycles. The van der Waals surface area contributed by atoms with Crippen molar-refractivity contribution in [2.24, 2.45) is 0 Å². The molecule has 3 aliphatic carbocycles. The van der Waals surface area contributed by atoms with Crippen LogP contribution >= 0.6 is 0 Å². The molecule has 48 heavy (non-hydrogen) atoms. The first kappa shape index (κ1) is 28.6. The highest BCUT2D eigenvalue weighted by molar-refractivity contribution is 6.11. The van der Waals surface area contributed by atoms with Crippen LogP contribution in [0.1, 0.15) is 44.1 Å². The minimum Gasteiger partial charge on any atom is -0.313 e. The molecular formula is C46H38N2. The number of hydrogen-bond donors (Lipinski definition) is 0. The molecule has 0 amide bonds. The van der Waals surface area contributed by atoms with E-state index in [1.807, 2.05) is 0 Å². The number of aromatic nitrogens is 1. The van der Waals surface area contributed by atoms with Crippen molar-refractivity contribution < 1.29 is 0 Å². The van der Waals surface area contributed by atoms with Crippen LogP contribution in [0.3, 0.4) is 0 Å². The van der Waals surface area contributed by atoms with Gasteiger partial charge >= 0.3 is 0 Å². The van der Waals surface area contributed by atoms with Gasteiger partial charge in [-0.1, -0.05) is 115 Å². The van der Waals surface area contributed by atoms with Crippen LogP contribution in [0.4, 0.5) is 17.1 Å². The fourth-order valence-corrected chi connectivity index (χ4v) is 7.82. The molecule has 2 nitrogen and oxygen atoms in total. The molecule has 5 aromatic carbocycles. The normalized spacial score (nSPS) is 16.2. The van der Waals surface area contributed by atoms with Crippen molar-refractivity contribution in [1.82, 2.24) is 4.57 Å². The van der Waals surface area contributed by atoms with Gasteiger partial charge in [0.15, 0.2) is 0 Å².